The molecule has 2 rings (SSSR count). The number of hydrogen-bond donors (Lipinski definition) is 1. The number of non-ortho nitro benzene ring substituents is 2. The number of rotatable bonds is 5. The summed E-state index contributed by atoms with van der Waals surface area (Å²) < 4.78 is 13.6. The second-order valence-corrected chi connectivity index (χ2v) is 4.20. The lowest BCUT2D eigenvalue weighted by Gasteiger charge is -2.07. The molecule has 0 aliphatic carbocycles. The molecule has 8 heteroatoms. The fourth-order valence-corrected chi connectivity index (χ4v) is 1.69. The van der Waals surface area contributed by atoms with Gasteiger partial charge in [0.25, 0.3) is 11.4 Å². The van der Waals surface area contributed by atoms with Crippen molar-refractivity contribution >= 4 is 17.1 Å². The van der Waals surface area contributed by atoms with Gasteiger partial charge in [0, 0.05) is 24.7 Å². The highest BCUT2D eigenvalue weighted by Crippen LogP contribution is 2.21. The molecule has 0 saturated carbocycles. The second-order valence-electron chi connectivity index (χ2n) is 4.20. The van der Waals surface area contributed by atoms with E-state index in [1.807, 2.05) is 0 Å². The first kappa shape index (κ1) is 14.4. The number of nitro groups is 2. The smallest absolute Gasteiger partial charge is 0.272 e. The van der Waals surface area contributed by atoms with E-state index in [1.54, 1.807) is 12.1 Å². The third kappa shape index (κ3) is 3.50. The number of nitrogens with one attached hydrogen (secondary N) is 1. The SMILES string of the molecule is O=[N+]([O-])c1ccc(CNc2ccc([N+](=O)[O-])cc2F)cc1. The predicted octanol–water partition coefficient (Wildman–Crippen LogP) is 3.25. The molecular weight excluding hydrogens is 281 g/mol. The monoisotopic (exact) mass is 291 g/mol. The number of nitro benzene ring substituents is 2. The number of benzene rings is 2. The predicted molar refractivity (Wildman–Crippen MR) is 73.5 cm³/mol. The van der Waals surface area contributed by atoms with E-state index in [0.29, 0.717) is 0 Å². The van der Waals surface area contributed by atoms with Gasteiger partial charge in [-0.15, -0.1) is 0 Å². The summed E-state index contributed by atoms with van der Waals surface area (Å²) in [6.45, 7) is 0.243. The molecule has 1 N–H and O–H groups in total. The molecule has 0 bridgehead atoms. The Bertz CT molecular complexity index is 688. The number of halogens is 1. The number of anilines is 1. The van der Waals surface area contributed by atoms with Gasteiger partial charge in [-0.25, -0.2) is 4.39 Å². The van der Waals surface area contributed by atoms with E-state index in [9.17, 15) is 24.6 Å². The van der Waals surface area contributed by atoms with E-state index >= 15 is 0 Å². The first-order valence-corrected chi connectivity index (χ1v) is 5.88. The van der Waals surface area contributed by atoms with Gasteiger partial charge in [-0.3, -0.25) is 20.2 Å². The van der Waals surface area contributed by atoms with Crippen LogP contribution < -0.4 is 5.32 Å². The summed E-state index contributed by atoms with van der Waals surface area (Å²) in [5, 5.41) is 23.8. The summed E-state index contributed by atoms with van der Waals surface area (Å²) in [5.41, 5.74) is 0.492. The van der Waals surface area contributed by atoms with E-state index in [4.69, 9.17) is 0 Å². The van der Waals surface area contributed by atoms with E-state index < -0.39 is 15.7 Å². The molecule has 0 aliphatic rings. The van der Waals surface area contributed by atoms with Crippen LogP contribution in [0, 0.1) is 26.0 Å². The van der Waals surface area contributed by atoms with Crippen LogP contribution in [0.2, 0.25) is 0 Å². The molecule has 108 valence electrons. The van der Waals surface area contributed by atoms with E-state index in [-0.39, 0.29) is 23.6 Å². The molecule has 0 heterocycles. The number of nitrogens with zero attached hydrogens (tertiary/aromatic N) is 2. The fraction of sp³-hybridized carbons (Fsp3) is 0.0769. The third-order valence-electron chi connectivity index (χ3n) is 2.79. The first-order chi connectivity index (χ1) is 9.97. The third-order valence-corrected chi connectivity index (χ3v) is 2.79. The molecule has 0 spiro atoms. The Balaban J connectivity index is 2.06. The van der Waals surface area contributed by atoms with Gasteiger partial charge in [-0.05, 0) is 11.6 Å². The van der Waals surface area contributed by atoms with Gasteiger partial charge in [-0.1, -0.05) is 12.1 Å². The van der Waals surface area contributed by atoms with Gasteiger partial charge in [0.1, 0.15) is 0 Å². The number of hydrogen-bond acceptors (Lipinski definition) is 5. The molecular formula is C13H10FN3O4. The average Bonchev–Trinajstić information content (AvgIpc) is 2.46. The maximum Gasteiger partial charge on any atom is 0.272 e. The lowest BCUT2D eigenvalue weighted by atomic mass is 10.2. The highest BCUT2D eigenvalue weighted by Gasteiger charge is 2.10. The first-order valence-electron chi connectivity index (χ1n) is 5.88. The van der Waals surface area contributed by atoms with Crippen molar-refractivity contribution in [3.63, 3.8) is 0 Å². The van der Waals surface area contributed by atoms with Crippen molar-refractivity contribution in [3.8, 4) is 0 Å². The Morgan fingerprint density at radius 3 is 2.05 bits per heavy atom. The van der Waals surface area contributed by atoms with Crippen molar-refractivity contribution in [2.75, 3.05) is 5.32 Å². The minimum atomic E-state index is -0.730. The van der Waals surface area contributed by atoms with Gasteiger partial charge in [0.2, 0.25) is 0 Å². The molecule has 0 aliphatic heterocycles. The minimum absolute atomic E-state index is 0.0275. The summed E-state index contributed by atoms with van der Waals surface area (Å²) in [5.74, 6) is -0.730. The Morgan fingerprint density at radius 2 is 1.52 bits per heavy atom. The topological polar surface area (TPSA) is 98.3 Å². The normalized spacial score (nSPS) is 10.1. The molecule has 0 atom stereocenters. The van der Waals surface area contributed by atoms with Crippen LogP contribution in [0.15, 0.2) is 42.5 Å². The molecule has 0 saturated heterocycles. The van der Waals surface area contributed by atoms with Crippen LogP contribution in [-0.4, -0.2) is 9.85 Å². The van der Waals surface area contributed by atoms with Crippen LogP contribution in [0.25, 0.3) is 0 Å². The van der Waals surface area contributed by atoms with Crippen LogP contribution in [0.3, 0.4) is 0 Å². The maximum atomic E-state index is 13.6. The van der Waals surface area contributed by atoms with E-state index in [2.05, 4.69) is 5.32 Å². The maximum absolute atomic E-state index is 13.6. The molecule has 0 unspecified atom stereocenters. The zero-order valence-corrected chi connectivity index (χ0v) is 10.7. The van der Waals surface area contributed by atoms with Crippen LogP contribution in [0.5, 0.6) is 0 Å². The van der Waals surface area contributed by atoms with Gasteiger partial charge in [-0.2, -0.15) is 0 Å². The Hall–Kier alpha value is -3.03. The Kier molecular flexibility index (Phi) is 4.07. The minimum Gasteiger partial charge on any atom is -0.379 e. The van der Waals surface area contributed by atoms with Gasteiger partial charge in [0.05, 0.1) is 21.6 Å². The van der Waals surface area contributed by atoms with Crippen LogP contribution in [0.1, 0.15) is 5.56 Å². The molecule has 2 aromatic rings. The second kappa shape index (κ2) is 5.95. The standard InChI is InChI=1S/C13H10FN3O4/c14-12-7-11(17(20)21)5-6-13(12)15-8-9-1-3-10(4-2-9)16(18)19/h1-7,15H,8H2. The molecule has 7 nitrogen and oxygen atoms in total. The Morgan fingerprint density at radius 1 is 0.952 bits per heavy atom. The van der Waals surface area contributed by atoms with Crippen molar-refractivity contribution < 1.29 is 14.2 Å². The summed E-state index contributed by atoms with van der Waals surface area (Å²) in [4.78, 5) is 19.8. The zero-order valence-electron chi connectivity index (χ0n) is 10.7. The van der Waals surface area contributed by atoms with E-state index in [0.717, 1.165) is 11.6 Å². The summed E-state index contributed by atoms with van der Waals surface area (Å²) in [6, 6.07) is 9.10. The van der Waals surface area contributed by atoms with Crippen molar-refractivity contribution in [1.29, 1.82) is 0 Å². The summed E-state index contributed by atoms with van der Waals surface area (Å²) >= 11 is 0. The van der Waals surface area contributed by atoms with E-state index in [1.165, 1.54) is 24.3 Å². The Labute approximate surface area is 118 Å². The van der Waals surface area contributed by atoms with Crippen molar-refractivity contribution in [3.05, 3.63) is 74.1 Å². The highest BCUT2D eigenvalue weighted by atomic mass is 19.1. The fourth-order valence-electron chi connectivity index (χ4n) is 1.69. The van der Waals surface area contributed by atoms with Crippen LogP contribution in [-0.2, 0) is 6.54 Å². The van der Waals surface area contributed by atoms with Crippen LogP contribution in [0.4, 0.5) is 21.5 Å². The van der Waals surface area contributed by atoms with Crippen molar-refractivity contribution in [2.24, 2.45) is 0 Å². The van der Waals surface area contributed by atoms with Crippen molar-refractivity contribution in [2.45, 2.75) is 6.54 Å². The average molecular weight is 291 g/mol. The quantitative estimate of drug-likeness (QED) is 0.673. The summed E-state index contributed by atoms with van der Waals surface area (Å²) in [6.07, 6.45) is 0. The highest BCUT2D eigenvalue weighted by molar-refractivity contribution is 5.50. The van der Waals surface area contributed by atoms with Gasteiger partial charge < -0.3 is 5.32 Å². The van der Waals surface area contributed by atoms with Crippen LogP contribution >= 0.6 is 0 Å². The van der Waals surface area contributed by atoms with Gasteiger partial charge >= 0.3 is 0 Å². The molecule has 2 aromatic carbocycles. The lowest BCUT2D eigenvalue weighted by Crippen LogP contribution is -2.02. The summed E-state index contributed by atoms with van der Waals surface area (Å²) in [7, 11) is 0. The molecule has 0 aromatic heterocycles. The molecule has 21 heavy (non-hydrogen) atoms. The van der Waals surface area contributed by atoms with Crippen molar-refractivity contribution in [1.82, 2.24) is 0 Å². The molecule has 0 fully saturated rings. The lowest BCUT2D eigenvalue weighted by molar-refractivity contribution is -0.385. The largest absolute Gasteiger partial charge is 0.379 e. The molecule has 0 amide bonds. The molecule has 0 radical (unpaired) electrons. The van der Waals surface area contributed by atoms with Gasteiger partial charge in [0.15, 0.2) is 5.82 Å². The zero-order chi connectivity index (χ0) is 15.4.